The highest BCUT2D eigenvalue weighted by molar-refractivity contribution is 6.40. The van der Waals surface area contributed by atoms with Crippen LogP contribution in [0.15, 0.2) is 77.9 Å². The third-order valence-corrected chi connectivity index (χ3v) is 5.69. The fourth-order valence-corrected chi connectivity index (χ4v) is 3.69. The van der Waals surface area contributed by atoms with Crippen molar-refractivity contribution in [2.24, 2.45) is 5.10 Å². The summed E-state index contributed by atoms with van der Waals surface area (Å²) in [5.74, 6) is -2.34. The molecule has 0 aliphatic carbocycles. The average molecular weight is 531 g/mol. The van der Waals surface area contributed by atoms with Crippen molar-refractivity contribution in [1.82, 2.24) is 10.3 Å². The molecule has 11 nitrogen and oxygen atoms in total. The smallest absolute Gasteiger partial charge is 0.343 e. The van der Waals surface area contributed by atoms with E-state index in [2.05, 4.69) is 15.8 Å². The number of rotatable bonds is 7. The average Bonchev–Trinajstić information content (AvgIpc) is 2.98. The first-order valence-corrected chi connectivity index (χ1v) is 12.0. The number of para-hydroxylation sites is 1. The van der Waals surface area contributed by atoms with Gasteiger partial charge in [0.2, 0.25) is 0 Å². The number of nitrogens with one attached hydrogen (secondary N) is 2. The number of hydrogen-bond acceptors (Lipinski definition) is 8. The van der Waals surface area contributed by atoms with Crippen molar-refractivity contribution in [3.63, 3.8) is 0 Å². The van der Waals surface area contributed by atoms with Gasteiger partial charge in [-0.2, -0.15) is 5.10 Å². The predicted molar refractivity (Wildman–Crippen MR) is 142 cm³/mol. The number of hydrazone groups is 1. The largest absolute Gasteiger partial charge is 0.493 e. The number of esters is 1. The van der Waals surface area contributed by atoms with Crippen LogP contribution in [0, 0.1) is 0 Å². The molecule has 11 heteroatoms. The molecule has 3 amide bonds. The van der Waals surface area contributed by atoms with Crippen LogP contribution in [0.5, 0.6) is 11.5 Å². The number of carbonyl (C=O) groups is 4. The first kappa shape index (κ1) is 27.0. The van der Waals surface area contributed by atoms with Crippen molar-refractivity contribution in [2.45, 2.75) is 0 Å². The zero-order valence-corrected chi connectivity index (χ0v) is 21.1. The van der Waals surface area contributed by atoms with Gasteiger partial charge in [0.05, 0.1) is 43.4 Å². The number of amides is 3. The fraction of sp³-hybridized carbons (Fsp3) is 0.179. The van der Waals surface area contributed by atoms with Crippen LogP contribution in [-0.4, -0.2) is 68.2 Å². The summed E-state index contributed by atoms with van der Waals surface area (Å²) in [6.07, 6.45) is 1.30. The Balaban J connectivity index is 1.35. The van der Waals surface area contributed by atoms with Gasteiger partial charge >= 0.3 is 17.8 Å². The van der Waals surface area contributed by atoms with Crippen molar-refractivity contribution in [3.05, 3.63) is 89.5 Å². The molecule has 2 N–H and O–H groups in total. The van der Waals surface area contributed by atoms with E-state index in [0.717, 1.165) is 0 Å². The van der Waals surface area contributed by atoms with Crippen molar-refractivity contribution >= 4 is 35.6 Å². The molecule has 0 atom stereocenters. The Kier molecular flexibility index (Phi) is 8.99. The minimum absolute atomic E-state index is 0.206. The highest BCUT2D eigenvalue weighted by Gasteiger charge is 2.23. The second-order valence-electron chi connectivity index (χ2n) is 8.27. The lowest BCUT2D eigenvalue weighted by atomic mass is 10.1. The molecule has 0 bridgehead atoms. The van der Waals surface area contributed by atoms with E-state index in [1.807, 2.05) is 0 Å². The summed E-state index contributed by atoms with van der Waals surface area (Å²) in [6.45, 7) is 1.76. The Bertz CT molecular complexity index is 1390. The van der Waals surface area contributed by atoms with Crippen LogP contribution in [0.3, 0.4) is 0 Å². The van der Waals surface area contributed by atoms with Gasteiger partial charge in [0.15, 0.2) is 11.5 Å². The number of ether oxygens (including phenoxy) is 3. The van der Waals surface area contributed by atoms with Gasteiger partial charge in [-0.25, -0.2) is 10.2 Å². The topological polar surface area (TPSA) is 136 Å². The number of morpholine rings is 1. The molecule has 3 aromatic rings. The van der Waals surface area contributed by atoms with E-state index in [9.17, 15) is 19.2 Å². The molecule has 1 aliphatic heterocycles. The molecule has 0 radical (unpaired) electrons. The zero-order chi connectivity index (χ0) is 27.6. The van der Waals surface area contributed by atoms with Gasteiger partial charge in [0, 0.05) is 13.1 Å². The van der Waals surface area contributed by atoms with Gasteiger partial charge in [-0.15, -0.1) is 0 Å². The van der Waals surface area contributed by atoms with Crippen LogP contribution < -0.4 is 20.2 Å². The van der Waals surface area contributed by atoms with Crippen molar-refractivity contribution in [3.8, 4) is 11.5 Å². The quantitative estimate of drug-likeness (QED) is 0.158. The van der Waals surface area contributed by atoms with E-state index in [1.165, 1.54) is 19.4 Å². The summed E-state index contributed by atoms with van der Waals surface area (Å²) in [5.41, 5.74) is 3.52. The Morgan fingerprint density at radius 2 is 1.62 bits per heavy atom. The van der Waals surface area contributed by atoms with Crippen LogP contribution >= 0.6 is 0 Å². The van der Waals surface area contributed by atoms with E-state index < -0.39 is 17.8 Å². The SMILES string of the molecule is COc1cc(/C=N/NC(=O)C(=O)Nc2ccccc2C(=O)N2CCOCC2)ccc1OC(=O)c1ccccc1. The number of carbonyl (C=O) groups excluding carboxylic acids is 4. The molecule has 3 aromatic carbocycles. The molecule has 0 unspecified atom stereocenters. The molecule has 1 heterocycles. The van der Waals surface area contributed by atoms with E-state index in [-0.39, 0.29) is 28.7 Å². The van der Waals surface area contributed by atoms with E-state index >= 15 is 0 Å². The van der Waals surface area contributed by atoms with Crippen LogP contribution in [0.2, 0.25) is 0 Å². The molecular weight excluding hydrogens is 504 g/mol. The van der Waals surface area contributed by atoms with Gasteiger partial charge < -0.3 is 24.4 Å². The number of hydrogen-bond donors (Lipinski definition) is 2. The Hall–Kier alpha value is -5.03. The molecule has 4 rings (SSSR count). The fourth-order valence-electron chi connectivity index (χ4n) is 3.69. The Labute approximate surface area is 224 Å². The molecule has 1 saturated heterocycles. The molecule has 1 aliphatic rings. The lowest BCUT2D eigenvalue weighted by Crippen LogP contribution is -2.41. The predicted octanol–water partition coefficient (Wildman–Crippen LogP) is 2.48. The Morgan fingerprint density at radius 3 is 2.36 bits per heavy atom. The zero-order valence-electron chi connectivity index (χ0n) is 21.1. The normalized spacial score (nSPS) is 13.0. The first-order valence-electron chi connectivity index (χ1n) is 12.0. The molecule has 0 saturated carbocycles. The maximum Gasteiger partial charge on any atom is 0.343 e. The number of methoxy groups -OCH3 is 1. The number of anilines is 1. The third-order valence-electron chi connectivity index (χ3n) is 5.69. The molecule has 0 aromatic heterocycles. The maximum atomic E-state index is 12.9. The molecule has 39 heavy (non-hydrogen) atoms. The summed E-state index contributed by atoms with van der Waals surface area (Å²) in [4.78, 5) is 51.6. The second-order valence-corrected chi connectivity index (χ2v) is 8.27. The minimum Gasteiger partial charge on any atom is -0.493 e. The van der Waals surface area contributed by atoms with Gasteiger partial charge in [-0.1, -0.05) is 30.3 Å². The van der Waals surface area contributed by atoms with Crippen molar-refractivity contribution in [2.75, 3.05) is 38.7 Å². The molecule has 200 valence electrons. The lowest BCUT2D eigenvalue weighted by Gasteiger charge is -2.27. The summed E-state index contributed by atoms with van der Waals surface area (Å²) >= 11 is 0. The van der Waals surface area contributed by atoms with Crippen molar-refractivity contribution in [1.29, 1.82) is 0 Å². The monoisotopic (exact) mass is 530 g/mol. The third kappa shape index (κ3) is 7.05. The van der Waals surface area contributed by atoms with Crippen LogP contribution in [-0.2, 0) is 14.3 Å². The standard InChI is InChI=1S/C28H26N4O7/c1-37-24-17-19(11-12-23(24)39-28(36)20-7-3-2-4-8-20)18-29-31-26(34)25(33)30-22-10-6-5-9-21(22)27(35)32-13-15-38-16-14-32/h2-12,17-18H,13-16H2,1H3,(H,30,33)(H,31,34)/b29-18+. The summed E-state index contributed by atoms with van der Waals surface area (Å²) < 4.78 is 16.0. The van der Waals surface area contributed by atoms with E-state index in [0.29, 0.717) is 37.4 Å². The number of benzene rings is 3. The number of nitrogens with zero attached hydrogens (tertiary/aromatic N) is 2. The van der Waals surface area contributed by atoms with Crippen LogP contribution in [0.25, 0.3) is 0 Å². The summed E-state index contributed by atoms with van der Waals surface area (Å²) in [6, 6.07) is 19.6. The van der Waals surface area contributed by atoms with Gasteiger partial charge in [-0.3, -0.25) is 14.4 Å². The lowest BCUT2D eigenvalue weighted by molar-refractivity contribution is -0.136. The molecule has 1 fully saturated rings. The Morgan fingerprint density at radius 1 is 0.897 bits per heavy atom. The first-order chi connectivity index (χ1) is 19.0. The van der Waals surface area contributed by atoms with E-state index in [1.54, 1.807) is 71.6 Å². The van der Waals surface area contributed by atoms with Crippen LogP contribution in [0.4, 0.5) is 5.69 Å². The molecule has 0 spiro atoms. The van der Waals surface area contributed by atoms with Gasteiger partial charge in [0.25, 0.3) is 5.91 Å². The van der Waals surface area contributed by atoms with Gasteiger partial charge in [0.1, 0.15) is 0 Å². The van der Waals surface area contributed by atoms with Crippen LogP contribution in [0.1, 0.15) is 26.3 Å². The van der Waals surface area contributed by atoms with E-state index in [4.69, 9.17) is 14.2 Å². The summed E-state index contributed by atoms with van der Waals surface area (Å²) in [5, 5.41) is 6.28. The summed E-state index contributed by atoms with van der Waals surface area (Å²) in [7, 11) is 1.42. The van der Waals surface area contributed by atoms with Crippen molar-refractivity contribution < 1.29 is 33.4 Å². The highest BCUT2D eigenvalue weighted by Crippen LogP contribution is 2.28. The molecular formula is C28H26N4O7. The van der Waals surface area contributed by atoms with Gasteiger partial charge in [-0.05, 0) is 48.0 Å². The highest BCUT2D eigenvalue weighted by atomic mass is 16.6. The maximum absolute atomic E-state index is 12.9. The second kappa shape index (κ2) is 13.0. The minimum atomic E-state index is -1.03.